The first-order valence-electron chi connectivity index (χ1n) is 9.52. The Hall–Kier alpha value is -3.23. The fourth-order valence-corrected chi connectivity index (χ4v) is 4.08. The van der Waals surface area contributed by atoms with E-state index in [1.54, 1.807) is 42.6 Å². The van der Waals surface area contributed by atoms with Gasteiger partial charge in [-0.05, 0) is 70.9 Å². The van der Waals surface area contributed by atoms with E-state index in [9.17, 15) is 4.79 Å². The number of thiazole rings is 1. The number of hydrogen-bond donors (Lipinski definition) is 1. The van der Waals surface area contributed by atoms with Gasteiger partial charge in [0.15, 0.2) is 11.5 Å². The number of carbonyl (C=O) groups excluding carboxylic acids is 1. The van der Waals surface area contributed by atoms with Crippen LogP contribution >= 0.6 is 27.3 Å². The molecular weight excluding hydrogens is 478 g/mol. The van der Waals surface area contributed by atoms with E-state index in [2.05, 4.69) is 31.4 Å². The number of nitrogens with zero attached hydrogens (tertiary/aromatic N) is 2. The number of rotatable bonds is 7. The first kappa shape index (κ1) is 21.0. The Balaban J connectivity index is 1.49. The monoisotopic (exact) mass is 495 g/mol. The van der Waals surface area contributed by atoms with Gasteiger partial charge in [0.25, 0.3) is 0 Å². The minimum atomic E-state index is -0.465. The van der Waals surface area contributed by atoms with Crippen molar-refractivity contribution in [1.82, 2.24) is 4.98 Å². The van der Waals surface area contributed by atoms with E-state index < -0.39 is 5.97 Å². The lowest BCUT2D eigenvalue weighted by Gasteiger charge is -2.12. The molecule has 0 radical (unpaired) electrons. The van der Waals surface area contributed by atoms with Crippen LogP contribution in [-0.2, 0) is 0 Å². The molecule has 0 aliphatic carbocycles. The van der Waals surface area contributed by atoms with E-state index in [-0.39, 0.29) is 0 Å². The van der Waals surface area contributed by atoms with Gasteiger partial charge in [-0.2, -0.15) is 5.10 Å². The number of benzene rings is 3. The summed E-state index contributed by atoms with van der Waals surface area (Å²) in [5.74, 6) is 0.345. The molecule has 156 valence electrons. The van der Waals surface area contributed by atoms with Crippen LogP contribution in [0.5, 0.6) is 11.5 Å². The summed E-state index contributed by atoms with van der Waals surface area (Å²) in [5, 5.41) is 4.97. The molecule has 6 nitrogen and oxygen atoms in total. The van der Waals surface area contributed by atoms with Gasteiger partial charge in [0.2, 0.25) is 5.13 Å². The zero-order valence-electron chi connectivity index (χ0n) is 16.5. The molecular formula is C23H18BrN3O3S. The van der Waals surface area contributed by atoms with Crippen molar-refractivity contribution in [1.29, 1.82) is 0 Å². The zero-order valence-corrected chi connectivity index (χ0v) is 18.9. The molecule has 3 aromatic carbocycles. The molecule has 1 heterocycles. The molecule has 1 N–H and O–H groups in total. The molecule has 0 spiro atoms. The van der Waals surface area contributed by atoms with Crippen molar-refractivity contribution >= 4 is 54.8 Å². The van der Waals surface area contributed by atoms with Crippen molar-refractivity contribution in [3.05, 3.63) is 82.3 Å². The number of hydrazone groups is 1. The fraction of sp³-hybridized carbons (Fsp3) is 0.0870. The van der Waals surface area contributed by atoms with Crippen molar-refractivity contribution in [2.24, 2.45) is 5.10 Å². The minimum absolute atomic E-state index is 0.346. The maximum atomic E-state index is 12.5. The van der Waals surface area contributed by atoms with Gasteiger partial charge in [0.1, 0.15) is 0 Å². The van der Waals surface area contributed by atoms with E-state index in [1.165, 1.54) is 11.3 Å². The van der Waals surface area contributed by atoms with Crippen molar-refractivity contribution < 1.29 is 14.3 Å². The second kappa shape index (κ2) is 9.72. The fourth-order valence-electron chi connectivity index (χ4n) is 2.82. The summed E-state index contributed by atoms with van der Waals surface area (Å²) < 4.78 is 13.0. The number of nitrogens with one attached hydrogen (secondary N) is 1. The zero-order chi connectivity index (χ0) is 21.6. The Labute approximate surface area is 191 Å². The van der Waals surface area contributed by atoms with Crippen molar-refractivity contribution in [2.45, 2.75) is 6.92 Å². The maximum absolute atomic E-state index is 12.5. The Bertz CT molecular complexity index is 1220. The maximum Gasteiger partial charge on any atom is 0.344 e. The van der Waals surface area contributed by atoms with E-state index in [1.807, 2.05) is 37.3 Å². The quantitative estimate of drug-likeness (QED) is 0.144. The van der Waals surface area contributed by atoms with E-state index in [0.717, 1.165) is 15.8 Å². The average molecular weight is 496 g/mol. The van der Waals surface area contributed by atoms with Gasteiger partial charge in [0.05, 0.1) is 28.6 Å². The van der Waals surface area contributed by atoms with Crippen LogP contribution in [0.15, 0.2) is 76.3 Å². The third-order valence-electron chi connectivity index (χ3n) is 4.23. The number of anilines is 1. The predicted octanol–water partition coefficient (Wildman–Crippen LogP) is 6.12. The highest BCUT2D eigenvalue weighted by atomic mass is 79.9. The summed E-state index contributed by atoms with van der Waals surface area (Å²) in [6.07, 6.45) is 1.66. The number of esters is 1. The van der Waals surface area contributed by atoms with E-state index in [4.69, 9.17) is 9.47 Å². The van der Waals surface area contributed by atoms with Crippen LogP contribution in [0.4, 0.5) is 5.13 Å². The number of hydrogen-bond acceptors (Lipinski definition) is 7. The molecule has 0 unspecified atom stereocenters. The highest BCUT2D eigenvalue weighted by molar-refractivity contribution is 9.10. The summed E-state index contributed by atoms with van der Waals surface area (Å²) in [5.41, 5.74) is 5.11. The smallest absolute Gasteiger partial charge is 0.344 e. The largest absolute Gasteiger partial charge is 0.490 e. The van der Waals surface area contributed by atoms with Crippen LogP contribution in [0.25, 0.3) is 10.2 Å². The average Bonchev–Trinajstić information content (AvgIpc) is 3.19. The molecule has 0 amide bonds. The Morgan fingerprint density at radius 1 is 1.13 bits per heavy atom. The third kappa shape index (κ3) is 5.10. The summed E-state index contributed by atoms with van der Waals surface area (Å²) in [6, 6.07) is 20.3. The predicted molar refractivity (Wildman–Crippen MR) is 128 cm³/mol. The van der Waals surface area contributed by atoms with Gasteiger partial charge in [-0.25, -0.2) is 9.78 Å². The summed E-state index contributed by atoms with van der Waals surface area (Å²) >= 11 is 4.90. The SMILES string of the molecule is CCOc1cc(/C=N\Nc2nc3ccccc3s2)ccc1OC(=O)c1ccccc1Br. The number of carbonyl (C=O) groups is 1. The third-order valence-corrected chi connectivity index (χ3v) is 5.86. The highest BCUT2D eigenvalue weighted by Crippen LogP contribution is 2.30. The minimum Gasteiger partial charge on any atom is -0.490 e. The van der Waals surface area contributed by atoms with Gasteiger partial charge in [-0.3, -0.25) is 5.43 Å². The Morgan fingerprint density at radius 3 is 2.74 bits per heavy atom. The number of ether oxygens (including phenoxy) is 2. The van der Waals surface area contributed by atoms with Crippen molar-refractivity contribution in [3.8, 4) is 11.5 Å². The second-order valence-corrected chi connectivity index (χ2v) is 8.25. The van der Waals surface area contributed by atoms with Gasteiger partial charge >= 0.3 is 5.97 Å². The molecule has 0 saturated heterocycles. The number of halogens is 1. The lowest BCUT2D eigenvalue weighted by atomic mass is 10.2. The molecule has 1 aromatic heterocycles. The lowest BCUT2D eigenvalue weighted by molar-refractivity contribution is 0.0727. The van der Waals surface area contributed by atoms with Crippen molar-refractivity contribution in [2.75, 3.05) is 12.0 Å². The molecule has 8 heteroatoms. The van der Waals surface area contributed by atoms with Crippen molar-refractivity contribution in [3.63, 3.8) is 0 Å². The summed E-state index contributed by atoms with van der Waals surface area (Å²) in [7, 11) is 0. The lowest BCUT2D eigenvalue weighted by Crippen LogP contribution is -2.10. The molecule has 4 rings (SSSR count). The standard InChI is InChI=1S/C23H18BrN3O3S/c1-2-29-20-13-15(14-25-27-23-26-18-9-5-6-10-21(18)31-23)11-12-19(20)30-22(28)16-7-3-4-8-17(16)24/h3-14H,2H2,1H3,(H,26,27)/b25-14-. The molecule has 0 saturated carbocycles. The summed E-state index contributed by atoms with van der Waals surface area (Å²) in [4.78, 5) is 17.0. The number of aromatic nitrogens is 1. The molecule has 0 atom stereocenters. The summed E-state index contributed by atoms with van der Waals surface area (Å²) in [6.45, 7) is 2.30. The van der Waals surface area contributed by atoms with E-state index in [0.29, 0.717) is 33.3 Å². The number of fused-ring (bicyclic) bond motifs is 1. The van der Waals surface area contributed by atoms with Gasteiger partial charge in [-0.15, -0.1) is 0 Å². The Morgan fingerprint density at radius 2 is 1.94 bits per heavy atom. The van der Waals surface area contributed by atoms with Gasteiger partial charge in [0, 0.05) is 4.47 Å². The first-order chi connectivity index (χ1) is 15.1. The topological polar surface area (TPSA) is 72.8 Å². The van der Waals surface area contributed by atoms with Crippen LogP contribution in [-0.4, -0.2) is 23.8 Å². The van der Waals surface area contributed by atoms with Crippen LogP contribution in [0, 0.1) is 0 Å². The van der Waals surface area contributed by atoms with Crippen LogP contribution in [0.1, 0.15) is 22.8 Å². The molecule has 0 bridgehead atoms. The van der Waals surface area contributed by atoms with Crippen LogP contribution in [0.2, 0.25) is 0 Å². The molecule has 31 heavy (non-hydrogen) atoms. The van der Waals surface area contributed by atoms with Gasteiger partial charge < -0.3 is 9.47 Å². The Kier molecular flexibility index (Phi) is 6.59. The highest BCUT2D eigenvalue weighted by Gasteiger charge is 2.15. The molecule has 0 aliphatic heterocycles. The first-order valence-corrected chi connectivity index (χ1v) is 11.1. The molecule has 0 fully saturated rings. The normalized spacial score (nSPS) is 11.0. The van der Waals surface area contributed by atoms with E-state index >= 15 is 0 Å². The van der Waals surface area contributed by atoms with Crippen LogP contribution < -0.4 is 14.9 Å². The molecule has 4 aromatic rings. The molecule has 0 aliphatic rings. The second-order valence-electron chi connectivity index (χ2n) is 6.37. The van der Waals surface area contributed by atoms with Crippen LogP contribution in [0.3, 0.4) is 0 Å². The number of para-hydroxylation sites is 1. The van der Waals surface area contributed by atoms with Gasteiger partial charge in [-0.1, -0.05) is 35.6 Å².